The molecule has 4 rings (SSSR count). The Morgan fingerprint density at radius 1 is 0.971 bits per heavy atom. The molecule has 3 aromatic carbocycles. The van der Waals surface area contributed by atoms with E-state index in [0.29, 0.717) is 11.3 Å². The van der Waals surface area contributed by atoms with Crippen LogP contribution in [0.2, 0.25) is 0 Å². The predicted octanol–water partition coefficient (Wildman–Crippen LogP) is 4.95. The van der Waals surface area contributed by atoms with E-state index in [1.807, 2.05) is 24.3 Å². The lowest BCUT2D eigenvalue weighted by molar-refractivity contribution is -0.116. The molecule has 1 unspecified atom stereocenters. The summed E-state index contributed by atoms with van der Waals surface area (Å²) < 4.78 is 5.52. The highest BCUT2D eigenvalue weighted by Crippen LogP contribution is 2.44. The molecular weight excluding hydrogens is 432 g/mol. The topological polar surface area (TPSA) is 105 Å². The molecule has 174 valence electrons. The van der Waals surface area contributed by atoms with Crippen molar-refractivity contribution >= 4 is 23.7 Å². The van der Waals surface area contributed by atoms with E-state index in [-0.39, 0.29) is 30.4 Å². The van der Waals surface area contributed by atoms with E-state index in [4.69, 9.17) is 4.74 Å². The normalized spacial score (nSPS) is 12.9. The van der Waals surface area contributed by atoms with E-state index in [1.54, 1.807) is 26.0 Å². The van der Waals surface area contributed by atoms with Crippen LogP contribution in [0.25, 0.3) is 11.1 Å². The van der Waals surface area contributed by atoms with Gasteiger partial charge in [-0.3, -0.25) is 4.79 Å². The Morgan fingerprint density at radius 2 is 1.59 bits per heavy atom. The first-order valence-corrected chi connectivity index (χ1v) is 11.1. The summed E-state index contributed by atoms with van der Waals surface area (Å²) >= 11 is 0. The number of aromatic carboxylic acids is 1. The average Bonchev–Trinajstić information content (AvgIpc) is 3.12. The summed E-state index contributed by atoms with van der Waals surface area (Å²) in [5.41, 5.74) is 5.68. The third-order valence-electron chi connectivity index (χ3n) is 5.95. The van der Waals surface area contributed by atoms with Gasteiger partial charge in [0.05, 0.1) is 5.56 Å². The lowest BCUT2D eigenvalue weighted by Crippen LogP contribution is -2.36. The van der Waals surface area contributed by atoms with E-state index in [9.17, 15) is 19.5 Å². The van der Waals surface area contributed by atoms with Crippen LogP contribution in [0.15, 0.2) is 66.7 Å². The number of aryl methyl sites for hydroxylation is 1. The molecule has 0 bridgehead atoms. The van der Waals surface area contributed by atoms with Crippen molar-refractivity contribution < 1.29 is 24.2 Å². The molecule has 0 heterocycles. The molecule has 1 aliphatic rings. The van der Waals surface area contributed by atoms with Crippen molar-refractivity contribution in [3.05, 3.63) is 89.0 Å². The molecule has 0 aromatic heterocycles. The first kappa shape index (κ1) is 23.0. The molecular formula is C27H26N2O5. The number of carbonyl (C=O) groups is 3. The Hall–Kier alpha value is -4.13. The Balaban J connectivity index is 1.30. The number of hydrogen-bond acceptors (Lipinski definition) is 4. The zero-order chi connectivity index (χ0) is 24.2. The highest BCUT2D eigenvalue weighted by atomic mass is 16.5. The number of amides is 2. The highest BCUT2D eigenvalue weighted by molar-refractivity contribution is 5.95. The molecule has 0 fully saturated rings. The largest absolute Gasteiger partial charge is 0.478 e. The summed E-state index contributed by atoms with van der Waals surface area (Å²) in [5, 5.41) is 14.6. The second-order valence-electron chi connectivity index (χ2n) is 8.46. The lowest BCUT2D eigenvalue weighted by atomic mass is 9.98. The minimum absolute atomic E-state index is 0.0144. The molecule has 0 aliphatic heterocycles. The van der Waals surface area contributed by atoms with Gasteiger partial charge in [-0.25, -0.2) is 9.59 Å². The van der Waals surface area contributed by atoms with Crippen LogP contribution in [0.4, 0.5) is 10.5 Å². The fraction of sp³-hybridized carbons (Fsp3) is 0.222. The third-order valence-corrected chi connectivity index (χ3v) is 5.95. The summed E-state index contributed by atoms with van der Waals surface area (Å²) in [5.74, 6) is -1.44. The molecule has 2 amide bonds. The Labute approximate surface area is 197 Å². The van der Waals surface area contributed by atoms with Gasteiger partial charge in [-0.2, -0.15) is 0 Å². The zero-order valence-corrected chi connectivity index (χ0v) is 19.0. The smallest absolute Gasteiger partial charge is 0.407 e. The van der Waals surface area contributed by atoms with E-state index >= 15 is 0 Å². The number of alkyl carbamates (subject to hydrolysis) is 1. The molecule has 34 heavy (non-hydrogen) atoms. The maximum Gasteiger partial charge on any atom is 0.407 e. The molecule has 0 radical (unpaired) electrons. The number of rotatable bonds is 7. The van der Waals surface area contributed by atoms with Crippen LogP contribution >= 0.6 is 0 Å². The van der Waals surface area contributed by atoms with Crippen molar-refractivity contribution in [2.45, 2.75) is 32.2 Å². The van der Waals surface area contributed by atoms with Crippen LogP contribution in [0.5, 0.6) is 0 Å². The molecule has 3 aromatic rings. The Kier molecular flexibility index (Phi) is 6.63. The predicted molar refractivity (Wildman–Crippen MR) is 129 cm³/mol. The number of benzene rings is 3. The van der Waals surface area contributed by atoms with Gasteiger partial charge in [0.15, 0.2) is 0 Å². The van der Waals surface area contributed by atoms with Gasteiger partial charge in [0.25, 0.3) is 0 Å². The van der Waals surface area contributed by atoms with Crippen LogP contribution in [0.3, 0.4) is 0 Å². The minimum Gasteiger partial charge on any atom is -0.478 e. The number of hydrogen-bond donors (Lipinski definition) is 3. The van der Waals surface area contributed by atoms with Crippen molar-refractivity contribution in [1.82, 2.24) is 5.32 Å². The fourth-order valence-electron chi connectivity index (χ4n) is 4.31. The van der Waals surface area contributed by atoms with E-state index in [2.05, 4.69) is 34.9 Å². The minimum atomic E-state index is -1.06. The molecule has 0 spiro atoms. The third kappa shape index (κ3) is 4.93. The van der Waals surface area contributed by atoms with Crippen LogP contribution in [0, 0.1) is 6.92 Å². The maximum atomic E-state index is 12.4. The second-order valence-corrected chi connectivity index (χ2v) is 8.46. The van der Waals surface area contributed by atoms with Crippen molar-refractivity contribution in [3.8, 4) is 11.1 Å². The monoisotopic (exact) mass is 458 g/mol. The number of anilines is 1. The number of carboxylic acids is 1. The van der Waals surface area contributed by atoms with Crippen molar-refractivity contribution in [3.63, 3.8) is 0 Å². The summed E-state index contributed by atoms with van der Waals surface area (Å²) in [6, 6.07) is 20.4. The van der Waals surface area contributed by atoms with Crippen LogP contribution < -0.4 is 10.6 Å². The van der Waals surface area contributed by atoms with Crippen LogP contribution in [-0.4, -0.2) is 35.7 Å². The number of carbonyl (C=O) groups excluding carboxylic acids is 2. The van der Waals surface area contributed by atoms with Gasteiger partial charge in [0.2, 0.25) is 5.91 Å². The molecule has 7 nitrogen and oxygen atoms in total. The number of nitrogens with one attached hydrogen (secondary N) is 2. The van der Waals surface area contributed by atoms with Gasteiger partial charge in [0.1, 0.15) is 6.61 Å². The van der Waals surface area contributed by atoms with Crippen molar-refractivity contribution in [2.75, 3.05) is 11.9 Å². The van der Waals surface area contributed by atoms with Crippen molar-refractivity contribution in [1.29, 1.82) is 0 Å². The molecule has 0 saturated heterocycles. The van der Waals surface area contributed by atoms with E-state index in [1.165, 1.54) is 6.07 Å². The van der Waals surface area contributed by atoms with Gasteiger partial charge in [-0.1, -0.05) is 54.6 Å². The molecule has 7 heteroatoms. The SMILES string of the molecule is Cc1ccc(NC(=O)CC(C)NC(=O)OCC2c3ccccc3-c3ccccc32)cc1C(=O)O. The molecule has 1 atom stereocenters. The summed E-state index contributed by atoms with van der Waals surface area (Å²) in [6.07, 6.45) is -0.578. The fourth-order valence-corrected chi connectivity index (χ4v) is 4.31. The summed E-state index contributed by atoms with van der Waals surface area (Å²) in [4.78, 5) is 36.0. The lowest BCUT2D eigenvalue weighted by Gasteiger charge is -2.17. The van der Waals surface area contributed by atoms with Gasteiger partial charge in [0, 0.05) is 24.1 Å². The zero-order valence-electron chi connectivity index (χ0n) is 19.0. The average molecular weight is 459 g/mol. The Bertz CT molecular complexity index is 1210. The van der Waals surface area contributed by atoms with Crippen LogP contribution in [-0.2, 0) is 9.53 Å². The Morgan fingerprint density at radius 3 is 2.21 bits per heavy atom. The number of carboxylic acid groups (broad SMARTS) is 1. The number of fused-ring (bicyclic) bond motifs is 3. The first-order chi connectivity index (χ1) is 16.3. The molecule has 1 aliphatic carbocycles. The van der Waals surface area contributed by atoms with Gasteiger partial charge in [-0.05, 0) is 53.8 Å². The van der Waals surface area contributed by atoms with Crippen LogP contribution in [0.1, 0.15) is 46.3 Å². The van der Waals surface area contributed by atoms with Gasteiger partial charge < -0.3 is 20.5 Å². The van der Waals surface area contributed by atoms with Gasteiger partial charge >= 0.3 is 12.1 Å². The number of ether oxygens (including phenoxy) is 1. The quantitative estimate of drug-likeness (QED) is 0.465. The standard InChI is InChI=1S/C27H26N2O5/c1-16-11-12-18(14-23(16)26(31)32)29-25(30)13-17(2)28-27(33)34-15-24-21-9-5-3-7-19(21)20-8-4-6-10-22(20)24/h3-12,14,17,24H,13,15H2,1-2H3,(H,28,33)(H,29,30)(H,31,32). The van der Waals surface area contributed by atoms with E-state index in [0.717, 1.165) is 22.3 Å². The maximum absolute atomic E-state index is 12.4. The first-order valence-electron chi connectivity index (χ1n) is 11.1. The summed E-state index contributed by atoms with van der Waals surface area (Å²) in [6.45, 7) is 3.59. The second kappa shape index (κ2) is 9.79. The van der Waals surface area contributed by atoms with Gasteiger partial charge in [-0.15, -0.1) is 0 Å². The molecule has 3 N–H and O–H groups in total. The highest BCUT2D eigenvalue weighted by Gasteiger charge is 2.29. The summed E-state index contributed by atoms with van der Waals surface area (Å²) in [7, 11) is 0. The van der Waals surface area contributed by atoms with E-state index < -0.39 is 18.1 Å². The molecule has 0 saturated carbocycles. The van der Waals surface area contributed by atoms with Crippen molar-refractivity contribution in [2.24, 2.45) is 0 Å².